The topological polar surface area (TPSA) is 29.3 Å². The van der Waals surface area contributed by atoms with E-state index in [0.29, 0.717) is 12.0 Å². The molecule has 0 saturated carbocycles. The van der Waals surface area contributed by atoms with Gasteiger partial charge in [0, 0.05) is 12.6 Å². The summed E-state index contributed by atoms with van der Waals surface area (Å²) in [6, 6.07) is 18.2. The zero-order valence-electron chi connectivity index (χ0n) is 13.6. The molecular weight excluding hydrogens is 268 g/mol. The molecule has 1 saturated heterocycles. The summed E-state index contributed by atoms with van der Waals surface area (Å²) < 4.78 is 0. The molecule has 2 aromatic carbocycles. The van der Waals surface area contributed by atoms with Gasteiger partial charge in [-0.05, 0) is 60.7 Å². The van der Waals surface area contributed by atoms with Gasteiger partial charge in [-0.3, -0.25) is 4.90 Å². The highest BCUT2D eigenvalue weighted by atomic mass is 15.2. The van der Waals surface area contributed by atoms with Crippen molar-refractivity contribution in [2.75, 3.05) is 20.1 Å². The third-order valence-corrected chi connectivity index (χ3v) is 4.95. The van der Waals surface area contributed by atoms with Crippen molar-refractivity contribution in [3.63, 3.8) is 0 Å². The molecule has 2 N–H and O–H groups in total. The van der Waals surface area contributed by atoms with Crippen LogP contribution in [0.3, 0.4) is 0 Å². The highest BCUT2D eigenvalue weighted by Crippen LogP contribution is 2.36. The Morgan fingerprint density at radius 2 is 1.91 bits per heavy atom. The molecule has 1 aliphatic heterocycles. The van der Waals surface area contributed by atoms with E-state index in [4.69, 9.17) is 5.73 Å². The lowest BCUT2D eigenvalue weighted by Crippen LogP contribution is -2.20. The van der Waals surface area contributed by atoms with E-state index in [1.54, 1.807) is 0 Å². The first-order valence-electron chi connectivity index (χ1n) is 8.31. The molecule has 0 aliphatic carbocycles. The Morgan fingerprint density at radius 3 is 2.55 bits per heavy atom. The first-order valence-corrected chi connectivity index (χ1v) is 8.31. The number of benzene rings is 2. The number of hydrogen-bond acceptors (Lipinski definition) is 2. The van der Waals surface area contributed by atoms with Gasteiger partial charge in [-0.2, -0.15) is 0 Å². The predicted molar refractivity (Wildman–Crippen MR) is 93.8 cm³/mol. The quantitative estimate of drug-likeness (QED) is 0.927. The molecular formula is C20H26N2. The normalized spacial score (nSPS) is 22.1. The van der Waals surface area contributed by atoms with Crippen LogP contribution in [-0.4, -0.2) is 25.0 Å². The Kier molecular flexibility index (Phi) is 4.60. The van der Waals surface area contributed by atoms with Crippen LogP contribution in [0.2, 0.25) is 0 Å². The van der Waals surface area contributed by atoms with Gasteiger partial charge in [0.1, 0.15) is 0 Å². The SMILES string of the molecule is CCc1ccc(C2CC(CN)CN2C)cc1-c1ccccc1. The second-order valence-corrected chi connectivity index (χ2v) is 6.43. The van der Waals surface area contributed by atoms with Gasteiger partial charge in [0.2, 0.25) is 0 Å². The molecule has 0 amide bonds. The molecule has 0 spiro atoms. The van der Waals surface area contributed by atoms with E-state index in [0.717, 1.165) is 19.5 Å². The number of nitrogens with zero attached hydrogens (tertiary/aromatic N) is 1. The van der Waals surface area contributed by atoms with E-state index in [1.165, 1.54) is 28.7 Å². The Labute approximate surface area is 134 Å². The lowest BCUT2D eigenvalue weighted by molar-refractivity contribution is 0.313. The van der Waals surface area contributed by atoms with E-state index >= 15 is 0 Å². The van der Waals surface area contributed by atoms with E-state index < -0.39 is 0 Å². The van der Waals surface area contributed by atoms with Gasteiger partial charge in [0.25, 0.3) is 0 Å². The average molecular weight is 294 g/mol. The summed E-state index contributed by atoms with van der Waals surface area (Å²) in [5, 5.41) is 0. The summed E-state index contributed by atoms with van der Waals surface area (Å²) >= 11 is 0. The predicted octanol–water partition coefficient (Wildman–Crippen LogP) is 3.87. The number of nitrogens with two attached hydrogens (primary N) is 1. The molecule has 1 fully saturated rings. The maximum absolute atomic E-state index is 5.88. The first-order chi connectivity index (χ1) is 10.7. The van der Waals surface area contributed by atoms with E-state index in [1.807, 2.05) is 0 Å². The van der Waals surface area contributed by atoms with Crippen LogP contribution in [0.5, 0.6) is 0 Å². The third kappa shape index (κ3) is 2.94. The lowest BCUT2D eigenvalue weighted by Gasteiger charge is -2.21. The minimum Gasteiger partial charge on any atom is -0.330 e. The number of rotatable bonds is 4. The van der Waals surface area contributed by atoms with Gasteiger partial charge in [0.05, 0.1) is 0 Å². The molecule has 116 valence electrons. The highest BCUT2D eigenvalue weighted by molar-refractivity contribution is 5.68. The van der Waals surface area contributed by atoms with Crippen molar-refractivity contribution in [3.05, 3.63) is 59.7 Å². The summed E-state index contributed by atoms with van der Waals surface area (Å²) in [5.74, 6) is 0.626. The fourth-order valence-corrected chi connectivity index (χ4v) is 3.66. The maximum atomic E-state index is 5.88. The van der Waals surface area contributed by atoms with Gasteiger partial charge in [-0.25, -0.2) is 0 Å². The summed E-state index contributed by atoms with van der Waals surface area (Å²) in [6.45, 7) is 4.13. The molecule has 0 bridgehead atoms. The number of likely N-dealkylation sites (tertiary alicyclic amines) is 1. The second kappa shape index (κ2) is 6.64. The number of hydrogen-bond donors (Lipinski definition) is 1. The molecule has 2 heteroatoms. The molecule has 1 heterocycles. The summed E-state index contributed by atoms with van der Waals surface area (Å²) in [4.78, 5) is 2.45. The van der Waals surface area contributed by atoms with Crippen molar-refractivity contribution in [2.45, 2.75) is 25.8 Å². The molecule has 3 rings (SSSR count). The average Bonchev–Trinajstić information content (AvgIpc) is 2.96. The van der Waals surface area contributed by atoms with Crippen LogP contribution in [0.1, 0.15) is 30.5 Å². The highest BCUT2D eigenvalue weighted by Gasteiger charge is 2.29. The Bertz CT molecular complexity index is 621. The largest absolute Gasteiger partial charge is 0.330 e. The van der Waals surface area contributed by atoms with Crippen LogP contribution < -0.4 is 5.73 Å². The molecule has 2 unspecified atom stereocenters. The fourth-order valence-electron chi connectivity index (χ4n) is 3.66. The lowest BCUT2D eigenvalue weighted by atomic mass is 9.92. The van der Waals surface area contributed by atoms with Crippen molar-refractivity contribution in [3.8, 4) is 11.1 Å². The standard InChI is InChI=1S/C20H26N2/c1-3-16-9-10-18(20-11-15(13-21)14-22(20)2)12-19(16)17-7-5-4-6-8-17/h4-10,12,15,20H,3,11,13-14,21H2,1-2H3. The van der Waals surface area contributed by atoms with Gasteiger partial charge in [0.15, 0.2) is 0 Å². The van der Waals surface area contributed by atoms with Crippen molar-refractivity contribution in [1.29, 1.82) is 0 Å². The molecule has 22 heavy (non-hydrogen) atoms. The number of aryl methyl sites for hydroxylation is 1. The summed E-state index contributed by atoms with van der Waals surface area (Å²) in [7, 11) is 2.22. The van der Waals surface area contributed by atoms with Crippen LogP contribution >= 0.6 is 0 Å². The van der Waals surface area contributed by atoms with Crippen molar-refractivity contribution >= 4 is 0 Å². The smallest absolute Gasteiger partial charge is 0.0349 e. The van der Waals surface area contributed by atoms with Crippen LogP contribution in [0, 0.1) is 5.92 Å². The van der Waals surface area contributed by atoms with Crippen LogP contribution in [0.15, 0.2) is 48.5 Å². The zero-order valence-corrected chi connectivity index (χ0v) is 13.6. The van der Waals surface area contributed by atoms with Gasteiger partial charge < -0.3 is 5.73 Å². The van der Waals surface area contributed by atoms with Crippen LogP contribution in [-0.2, 0) is 6.42 Å². The van der Waals surface area contributed by atoms with Gasteiger partial charge in [-0.1, -0.05) is 49.4 Å². The third-order valence-electron chi connectivity index (χ3n) is 4.95. The van der Waals surface area contributed by atoms with E-state index in [2.05, 4.69) is 67.4 Å². The molecule has 2 atom stereocenters. The van der Waals surface area contributed by atoms with Crippen molar-refractivity contribution < 1.29 is 0 Å². The Morgan fingerprint density at radius 1 is 1.14 bits per heavy atom. The Hall–Kier alpha value is -1.64. The van der Waals surface area contributed by atoms with Crippen molar-refractivity contribution in [1.82, 2.24) is 4.90 Å². The zero-order chi connectivity index (χ0) is 15.5. The minimum absolute atomic E-state index is 0.502. The molecule has 0 aromatic heterocycles. The molecule has 0 radical (unpaired) electrons. The molecule has 2 nitrogen and oxygen atoms in total. The minimum atomic E-state index is 0.502. The van der Waals surface area contributed by atoms with Gasteiger partial charge in [-0.15, -0.1) is 0 Å². The monoisotopic (exact) mass is 294 g/mol. The fraction of sp³-hybridized carbons (Fsp3) is 0.400. The van der Waals surface area contributed by atoms with E-state index in [9.17, 15) is 0 Å². The second-order valence-electron chi connectivity index (χ2n) is 6.43. The van der Waals surface area contributed by atoms with E-state index in [-0.39, 0.29) is 0 Å². The molecule has 2 aromatic rings. The first kappa shape index (κ1) is 15.3. The Balaban J connectivity index is 1.98. The summed E-state index contributed by atoms with van der Waals surface area (Å²) in [5.41, 5.74) is 11.4. The molecule has 1 aliphatic rings. The van der Waals surface area contributed by atoms with Gasteiger partial charge >= 0.3 is 0 Å². The maximum Gasteiger partial charge on any atom is 0.0349 e. The van der Waals surface area contributed by atoms with Crippen LogP contribution in [0.25, 0.3) is 11.1 Å². The van der Waals surface area contributed by atoms with Crippen LogP contribution in [0.4, 0.5) is 0 Å². The van der Waals surface area contributed by atoms with Crippen molar-refractivity contribution in [2.24, 2.45) is 11.7 Å². The summed E-state index contributed by atoms with van der Waals surface area (Å²) in [6.07, 6.45) is 2.24.